The highest BCUT2D eigenvalue weighted by atomic mass is 32.1. The summed E-state index contributed by atoms with van der Waals surface area (Å²) in [7, 11) is 1.22. The van der Waals surface area contributed by atoms with Crippen molar-refractivity contribution in [1.82, 2.24) is 15.4 Å². The largest absolute Gasteiger partial charge is 0.477 e. The molecule has 13 nitrogen and oxygen atoms in total. The topological polar surface area (TPSA) is 183 Å². The van der Waals surface area contributed by atoms with E-state index in [2.05, 4.69) is 20.3 Å². The fraction of sp³-hybridized carbons (Fsp3) is 0.300. The van der Waals surface area contributed by atoms with Crippen LogP contribution in [0.2, 0.25) is 0 Å². The highest BCUT2D eigenvalue weighted by Crippen LogP contribution is 2.41. The second-order valence-electron chi connectivity index (χ2n) is 7.33. The van der Waals surface area contributed by atoms with Crippen molar-refractivity contribution in [3.8, 4) is 0 Å². The molecule has 2 saturated heterocycles. The van der Waals surface area contributed by atoms with Crippen LogP contribution in [0.25, 0.3) is 0 Å². The number of nitrogens with one attached hydrogen (secondary N) is 1. The number of ether oxygens (including phenoxy) is 1. The molecule has 2 aromatic rings. The summed E-state index contributed by atoms with van der Waals surface area (Å²) in [5, 5.41) is 18.1. The average Bonchev–Trinajstić information content (AvgIpc) is 3.50. The predicted molar refractivity (Wildman–Crippen MR) is 115 cm³/mol. The van der Waals surface area contributed by atoms with Gasteiger partial charge >= 0.3 is 17.7 Å². The van der Waals surface area contributed by atoms with Crippen molar-refractivity contribution in [1.29, 1.82) is 0 Å². The van der Waals surface area contributed by atoms with Crippen LogP contribution in [0.15, 0.2) is 40.9 Å². The number of thiazole rings is 1. The van der Waals surface area contributed by atoms with Gasteiger partial charge in [-0.15, -0.1) is 11.3 Å². The van der Waals surface area contributed by atoms with Crippen LogP contribution in [0.4, 0.5) is 5.13 Å². The summed E-state index contributed by atoms with van der Waals surface area (Å²) in [6.45, 7) is -0.396. The van der Waals surface area contributed by atoms with Gasteiger partial charge in [-0.2, -0.15) is 5.06 Å². The molecule has 2 aliphatic rings. The molecule has 0 aliphatic carbocycles. The number of rotatable bonds is 7. The number of carbonyl (C=O) groups excluding carboxylic acids is 3. The number of hydrogen-bond acceptors (Lipinski definition) is 11. The molecular formula is C20H19N5O8S. The fourth-order valence-electron chi connectivity index (χ4n) is 3.65. The highest BCUT2D eigenvalue weighted by molar-refractivity contribution is 7.13. The van der Waals surface area contributed by atoms with Gasteiger partial charge in [-0.25, -0.2) is 9.78 Å². The zero-order valence-corrected chi connectivity index (χ0v) is 18.5. The molecule has 178 valence electrons. The summed E-state index contributed by atoms with van der Waals surface area (Å²) in [6, 6.07) is 7.16. The van der Waals surface area contributed by atoms with E-state index in [0.29, 0.717) is 10.6 Å². The van der Waals surface area contributed by atoms with Crippen molar-refractivity contribution < 1.29 is 38.7 Å². The number of anilines is 1. The monoisotopic (exact) mass is 489 g/mol. The summed E-state index contributed by atoms with van der Waals surface area (Å²) in [4.78, 5) is 64.5. The number of carbonyl (C=O) groups is 4. The summed E-state index contributed by atoms with van der Waals surface area (Å²) >= 11 is 1.07. The van der Waals surface area contributed by atoms with Crippen molar-refractivity contribution >= 4 is 45.9 Å². The SMILES string of the molecule is CON=C(C(=O)N[C@H]1CON(C2(C(=O)O)CC(c3ccccc3)C(=O)O2)C1=O)c1csc(N)n1. The number of carboxylic acids is 1. The minimum atomic E-state index is -2.39. The number of carboxylic acid groups (broad SMARTS) is 1. The van der Waals surface area contributed by atoms with E-state index < -0.39 is 48.0 Å². The Kier molecular flexibility index (Phi) is 6.17. The first-order valence-electron chi connectivity index (χ1n) is 9.88. The van der Waals surface area contributed by atoms with Gasteiger partial charge < -0.3 is 25.7 Å². The second-order valence-corrected chi connectivity index (χ2v) is 8.22. The minimum Gasteiger partial charge on any atom is -0.477 e. The van der Waals surface area contributed by atoms with Gasteiger partial charge in [0.15, 0.2) is 10.8 Å². The Hall–Kier alpha value is -4.04. The summed E-state index contributed by atoms with van der Waals surface area (Å²) in [6.07, 6.45) is -0.369. The van der Waals surface area contributed by atoms with E-state index in [1.807, 2.05) is 0 Å². The molecule has 3 atom stereocenters. The average molecular weight is 489 g/mol. The number of hydroxylamine groups is 2. The number of nitrogen functional groups attached to an aromatic ring is 1. The van der Waals surface area contributed by atoms with Gasteiger partial charge in [0.1, 0.15) is 25.5 Å². The number of aliphatic carboxylic acids is 1. The van der Waals surface area contributed by atoms with Crippen molar-refractivity contribution in [2.45, 2.75) is 24.1 Å². The first-order valence-corrected chi connectivity index (χ1v) is 10.8. The van der Waals surface area contributed by atoms with Crippen LogP contribution >= 0.6 is 11.3 Å². The van der Waals surface area contributed by atoms with Crippen molar-refractivity contribution in [3.05, 3.63) is 47.0 Å². The van der Waals surface area contributed by atoms with Crippen LogP contribution in [0.5, 0.6) is 0 Å². The van der Waals surface area contributed by atoms with Crippen molar-refractivity contribution in [3.63, 3.8) is 0 Å². The van der Waals surface area contributed by atoms with Gasteiger partial charge in [-0.3, -0.25) is 19.2 Å². The number of aromatic nitrogens is 1. The predicted octanol–water partition coefficient (Wildman–Crippen LogP) is -0.154. The van der Waals surface area contributed by atoms with Gasteiger partial charge in [0.05, 0.1) is 5.92 Å². The normalized spacial score (nSPS) is 24.7. The molecule has 2 aliphatic heterocycles. The number of hydrogen-bond donors (Lipinski definition) is 3. The molecule has 34 heavy (non-hydrogen) atoms. The van der Waals surface area contributed by atoms with Gasteiger partial charge in [-0.05, 0) is 5.56 Å². The van der Waals surface area contributed by atoms with Crippen LogP contribution < -0.4 is 11.1 Å². The van der Waals surface area contributed by atoms with Crippen LogP contribution in [-0.2, 0) is 33.6 Å². The fourth-order valence-corrected chi connectivity index (χ4v) is 4.20. The van der Waals surface area contributed by atoms with E-state index in [9.17, 15) is 24.3 Å². The lowest BCUT2D eigenvalue weighted by Gasteiger charge is -2.30. The molecule has 1 aromatic heterocycles. The molecular weight excluding hydrogens is 470 g/mol. The van der Waals surface area contributed by atoms with E-state index >= 15 is 0 Å². The van der Waals surface area contributed by atoms with Crippen LogP contribution in [0.1, 0.15) is 23.6 Å². The molecule has 0 bridgehead atoms. The minimum absolute atomic E-state index is 0.127. The lowest BCUT2D eigenvalue weighted by atomic mass is 9.93. The number of oxime groups is 1. The van der Waals surface area contributed by atoms with E-state index in [4.69, 9.17) is 15.3 Å². The zero-order valence-electron chi connectivity index (χ0n) is 17.7. The third-order valence-electron chi connectivity index (χ3n) is 5.24. The maximum Gasteiger partial charge on any atom is 0.372 e. The van der Waals surface area contributed by atoms with Gasteiger partial charge in [0.25, 0.3) is 11.8 Å². The Bertz CT molecular complexity index is 1170. The number of esters is 1. The van der Waals surface area contributed by atoms with Crippen LogP contribution in [0.3, 0.4) is 0 Å². The molecule has 0 saturated carbocycles. The Morgan fingerprint density at radius 1 is 1.35 bits per heavy atom. The molecule has 2 unspecified atom stereocenters. The number of nitrogens with zero attached hydrogens (tertiary/aromatic N) is 3. The Labute approximate surface area is 196 Å². The van der Waals surface area contributed by atoms with E-state index in [1.54, 1.807) is 30.3 Å². The first kappa shape index (κ1) is 23.1. The zero-order chi connectivity index (χ0) is 24.5. The van der Waals surface area contributed by atoms with E-state index in [-0.39, 0.29) is 23.0 Å². The highest BCUT2D eigenvalue weighted by Gasteiger charge is 2.62. The molecule has 3 heterocycles. The quantitative estimate of drug-likeness (QED) is 0.268. The summed E-state index contributed by atoms with van der Waals surface area (Å²) < 4.78 is 5.21. The van der Waals surface area contributed by atoms with Crippen molar-refractivity contribution in [2.75, 3.05) is 19.5 Å². The molecule has 2 fully saturated rings. The number of nitrogens with two attached hydrogens (primary N) is 1. The molecule has 14 heteroatoms. The lowest BCUT2D eigenvalue weighted by molar-refractivity contribution is -0.256. The molecule has 0 radical (unpaired) electrons. The molecule has 4 rings (SSSR count). The number of cyclic esters (lactones) is 1. The molecule has 0 spiro atoms. The molecule has 2 amide bonds. The van der Waals surface area contributed by atoms with Crippen molar-refractivity contribution in [2.24, 2.45) is 5.16 Å². The summed E-state index contributed by atoms with van der Waals surface area (Å²) in [5.41, 5.74) is 3.63. The van der Waals surface area contributed by atoms with Gasteiger partial charge in [-0.1, -0.05) is 35.5 Å². The standard InChI is InChI=1S/C20H19N5O8S/c1-31-24-14(13-9-34-19(21)23-13)15(26)22-12-8-32-25(16(12)27)20(18(29)30)7-11(17(28)33-20)10-5-3-2-4-6-10/h2-6,9,11-12H,7-8H2,1H3,(H2,21,23)(H,22,26)(H,29,30)/t11?,12-,20?/m0/s1. The smallest absolute Gasteiger partial charge is 0.372 e. The third kappa shape index (κ3) is 4.04. The second kappa shape index (κ2) is 9.07. The summed E-state index contributed by atoms with van der Waals surface area (Å²) in [5.74, 6) is -5.05. The van der Waals surface area contributed by atoms with Gasteiger partial charge in [0.2, 0.25) is 0 Å². The maximum atomic E-state index is 13.0. The Morgan fingerprint density at radius 3 is 2.71 bits per heavy atom. The third-order valence-corrected chi connectivity index (χ3v) is 5.91. The van der Waals surface area contributed by atoms with E-state index in [1.165, 1.54) is 12.5 Å². The maximum absolute atomic E-state index is 13.0. The number of amides is 2. The van der Waals surface area contributed by atoms with Crippen LogP contribution in [-0.4, -0.2) is 70.1 Å². The van der Waals surface area contributed by atoms with Crippen LogP contribution in [0, 0.1) is 0 Å². The van der Waals surface area contributed by atoms with E-state index in [0.717, 1.165) is 11.3 Å². The Balaban J connectivity index is 1.53. The first-order chi connectivity index (χ1) is 16.3. The number of benzene rings is 1. The lowest BCUT2D eigenvalue weighted by Crippen LogP contribution is -2.57. The van der Waals surface area contributed by atoms with Gasteiger partial charge in [0, 0.05) is 11.8 Å². The molecule has 1 aromatic carbocycles. The Morgan fingerprint density at radius 2 is 2.09 bits per heavy atom. The molecule has 4 N–H and O–H groups in total.